The molecule has 0 spiro atoms. The number of amides is 1. The Balaban J connectivity index is 1.52. The molecule has 0 atom stereocenters. The van der Waals surface area contributed by atoms with Crippen molar-refractivity contribution in [1.82, 2.24) is 0 Å². The molecule has 5 heteroatoms. The maximum absolute atomic E-state index is 12.3. The number of thioether (sulfide) groups is 1. The molecule has 0 aliphatic heterocycles. The lowest BCUT2D eigenvalue weighted by Gasteiger charge is -2.07. The fourth-order valence-corrected chi connectivity index (χ4v) is 3.19. The third-order valence-electron chi connectivity index (χ3n) is 3.66. The number of benzene rings is 2. The average molecular weight is 353 g/mol. The van der Waals surface area contributed by atoms with Gasteiger partial charge in [-0.3, -0.25) is 4.79 Å². The Labute approximate surface area is 151 Å². The van der Waals surface area contributed by atoms with Gasteiger partial charge >= 0.3 is 0 Å². The van der Waals surface area contributed by atoms with Crippen molar-refractivity contribution in [3.05, 3.63) is 83.8 Å². The van der Waals surface area contributed by atoms with Gasteiger partial charge in [0, 0.05) is 17.0 Å². The summed E-state index contributed by atoms with van der Waals surface area (Å²) < 4.78 is 10.4. The van der Waals surface area contributed by atoms with Crippen molar-refractivity contribution in [3.8, 4) is 5.75 Å². The Morgan fingerprint density at radius 3 is 2.44 bits per heavy atom. The molecule has 1 heterocycles. The smallest absolute Gasteiger partial charge is 0.255 e. The van der Waals surface area contributed by atoms with Gasteiger partial charge in [0.05, 0.1) is 19.1 Å². The molecule has 1 amide bonds. The van der Waals surface area contributed by atoms with Crippen molar-refractivity contribution in [2.75, 3.05) is 12.4 Å². The maximum atomic E-state index is 12.3. The van der Waals surface area contributed by atoms with E-state index in [1.54, 1.807) is 25.1 Å². The van der Waals surface area contributed by atoms with Crippen molar-refractivity contribution in [1.29, 1.82) is 0 Å². The normalized spacial score (nSPS) is 10.4. The highest BCUT2D eigenvalue weighted by molar-refractivity contribution is 7.97. The van der Waals surface area contributed by atoms with Gasteiger partial charge in [-0.2, -0.15) is 0 Å². The van der Waals surface area contributed by atoms with Crippen LogP contribution in [-0.4, -0.2) is 13.0 Å². The molecule has 0 saturated heterocycles. The molecule has 128 valence electrons. The second-order valence-corrected chi connectivity index (χ2v) is 6.44. The fraction of sp³-hybridized carbons (Fsp3) is 0.150. The Kier molecular flexibility index (Phi) is 5.80. The maximum Gasteiger partial charge on any atom is 0.255 e. The van der Waals surface area contributed by atoms with E-state index in [0.717, 1.165) is 28.7 Å². The summed E-state index contributed by atoms with van der Waals surface area (Å²) in [4.78, 5) is 12.3. The summed E-state index contributed by atoms with van der Waals surface area (Å²) in [7, 11) is 1.61. The van der Waals surface area contributed by atoms with Crippen LogP contribution in [0.2, 0.25) is 0 Å². The lowest BCUT2D eigenvalue weighted by Crippen LogP contribution is -2.11. The lowest BCUT2D eigenvalue weighted by atomic mass is 10.1. The standard InChI is InChI=1S/C20H19NO3S/c1-23-18-10-8-17(9-11-18)21-20(22)16-6-4-15(5-7-16)13-25-14-19-3-2-12-24-19/h2-12H,13-14H2,1H3,(H,21,22). The summed E-state index contributed by atoms with van der Waals surface area (Å²) in [5.74, 6) is 3.32. The number of anilines is 1. The van der Waals surface area contributed by atoms with Gasteiger partial charge in [-0.1, -0.05) is 12.1 Å². The third-order valence-corrected chi connectivity index (χ3v) is 4.68. The van der Waals surface area contributed by atoms with E-state index in [-0.39, 0.29) is 5.91 Å². The van der Waals surface area contributed by atoms with Gasteiger partial charge < -0.3 is 14.5 Å². The zero-order valence-corrected chi connectivity index (χ0v) is 14.7. The molecule has 2 aromatic carbocycles. The van der Waals surface area contributed by atoms with Crippen LogP contribution in [0.4, 0.5) is 5.69 Å². The van der Waals surface area contributed by atoms with E-state index in [9.17, 15) is 4.79 Å². The van der Waals surface area contributed by atoms with E-state index < -0.39 is 0 Å². The van der Waals surface area contributed by atoms with Crippen LogP contribution in [0.15, 0.2) is 71.3 Å². The first-order chi connectivity index (χ1) is 12.2. The van der Waals surface area contributed by atoms with Crippen LogP contribution in [0.1, 0.15) is 21.7 Å². The number of furan rings is 1. The molecule has 0 saturated carbocycles. The second-order valence-electron chi connectivity index (χ2n) is 5.45. The zero-order chi connectivity index (χ0) is 17.5. The lowest BCUT2D eigenvalue weighted by molar-refractivity contribution is 0.102. The van der Waals surface area contributed by atoms with Crippen molar-refractivity contribution in [3.63, 3.8) is 0 Å². The molecular formula is C20H19NO3S. The van der Waals surface area contributed by atoms with Crippen molar-refractivity contribution < 1.29 is 13.9 Å². The molecule has 4 nitrogen and oxygen atoms in total. The van der Waals surface area contributed by atoms with E-state index >= 15 is 0 Å². The molecule has 0 aliphatic rings. The number of carbonyl (C=O) groups is 1. The monoisotopic (exact) mass is 353 g/mol. The number of hydrogen-bond donors (Lipinski definition) is 1. The van der Waals surface area contributed by atoms with Gasteiger partial charge in [-0.25, -0.2) is 0 Å². The molecule has 3 aromatic rings. The van der Waals surface area contributed by atoms with Crippen molar-refractivity contribution in [2.24, 2.45) is 0 Å². The van der Waals surface area contributed by atoms with Gasteiger partial charge in [0.25, 0.3) is 5.91 Å². The molecule has 0 fully saturated rings. The molecule has 0 unspecified atom stereocenters. The van der Waals surface area contributed by atoms with Crippen LogP contribution in [0.3, 0.4) is 0 Å². The largest absolute Gasteiger partial charge is 0.497 e. The SMILES string of the molecule is COc1ccc(NC(=O)c2ccc(CSCc3ccco3)cc2)cc1. The summed E-state index contributed by atoms with van der Waals surface area (Å²) in [5, 5.41) is 2.88. The van der Waals surface area contributed by atoms with Crippen LogP contribution < -0.4 is 10.1 Å². The highest BCUT2D eigenvalue weighted by Crippen LogP contribution is 2.19. The highest BCUT2D eigenvalue weighted by atomic mass is 32.2. The minimum absolute atomic E-state index is 0.125. The van der Waals surface area contributed by atoms with Crippen molar-refractivity contribution in [2.45, 2.75) is 11.5 Å². The fourth-order valence-electron chi connectivity index (χ4n) is 2.29. The van der Waals surface area contributed by atoms with E-state index in [2.05, 4.69) is 5.32 Å². The minimum atomic E-state index is -0.125. The van der Waals surface area contributed by atoms with Gasteiger partial charge in [0.15, 0.2) is 0 Å². The van der Waals surface area contributed by atoms with E-state index in [1.807, 2.05) is 60.7 Å². The first kappa shape index (κ1) is 17.2. The van der Waals surface area contributed by atoms with E-state index in [0.29, 0.717) is 5.56 Å². The molecule has 1 aromatic heterocycles. The quantitative estimate of drug-likeness (QED) is 0.651. The topological polar surface area (TPSA) is 51.5 Å². The average Bonchev–Trinajstić information content (AvgIpc) is 3.16. The minimum Gasteiger partial charge on any atom is -0.497 e. The Morgan fingerprint density at radius 1 is 1.04 bits per heavy atom. The van der Waals surface area contributed by atoms with Gasteiger partial charge in [-0.15, -0.1) is 11.8 Å². The van der Waals surface area contributed by atoms with Crippen molar-refractivity contribution >= 4 is 23.4 Å². The van der Waals surface area contributed by atoms with E-state index in [1.165, 1.54) is 5.56 Å². The molecule has 0 aliphatic carbocycles. The molecule has 25 heavy (non-hydrogen) atoms. The summed E-state index contributed by atoms with van der Waals surface area (Å²) in [5.41, 5.74) is 2.55. The Hall–Kier alpha value is -2.66. The number of carbonyl (C=O) groups excluding carboxylic acids is 1. The highest BCUT2D eigenvalue weighted by Gasteiger charge is 2.06. The number of rotatable bonds is 7. The first-order valence-electron chi connectivity index (χ1n) is 7.89. The summed E-state index contributed by atoms with van der Waals surface area (Å²) in [6.45, 7) is 0. The number of hydrogen-bond acceptors (Lipinski definition) is 4. The van der Waals surface area contributed by atoms with Crippen LogP contribution in [-0.2, 0) is 11.5 Å². The van der Waals surface area contributed by atoms with Crippen LogP contribution in [0.25, 0.3) is 0 Å². The molecule has 0 radical (unpaired) electrons. The van der Waals surface area contributed by atoms with Crippen LogP contribution in [0.5, 0.6) is 5.75 Å². The number of ether oxygens (including phenoxy) is 1. The zero-order valence-electron chi connectivity index (χ0n) is 13.9. The summed E-state index contributed by atoms with van der Waals surface area (Å²) in [6, 6.07) is 18.8. The number of nitrogens with one attached hydrogen (secondary N) is 1. The van der Waals surface area contributed by atoms with Gasteiger partial charge in [-0.05, 0) is 54.1 Å². The number of methoxy groups -OCH3 is 1. The Morgan fingerprint density at radius 2 is 1.80 bits per heavy atom. The molecular weight excluding hydrogens is 334 g/mol. The third kappa shape index (κ3) is 4.90. The van der Waals surface area contributed by atoms with Crippen LogP contribution >= 0.6 is 11.8 Å². The van der Waals surface area contributed by atoms with Gasteiger partial charge in [0.1, 0.15) is 11.5 Å². The second kappa shape index (κ2) is 8.44. The van der Waals surface area contributed by atoms with Gasteiger partial charge in [0.2, 0.25) is 0 Å². The summed E-state index contributed by atoms with van der Waals surface area (Å²) in [6.07, 6.45) is 1.69. The Bertz CT molecular complexity index is 796. The summed E-state index contributed by atoms with van der Waals surface area (Å²) >= 11 is 1.78. The predicted octanol–water partition coefficient (Wildman–Crippen LogP) is 4.97. The molecule has 0 bridgehead atoms. The van der Waals surface area contributed by atoms with E-state index in [4.69, 9.17) is 9.15 Å². The molecule has 3 rings (SSSR count). The van der Waals surface area contributed by atoms with Crippen LogP contribution in [0, 0.1) is 0 Å². The molecule has 1 N–H and O–H groups in total. The predicted molar refractivity (Wildman–Crippen MR) is 101 cm³/mol. The first-order valence-corrected chi connectivity index (χ1v) is 9.04.